The molecule has 0 atom stereocenters. The lowest BCUT2D eigenvalue weighted by Crippen LogP contribution is -2.19. The molecule has 2 aromatic rings. The number of halogens is 9. The summed E-state index contributed by atoms with van der Waals surface area (Å²) in [6, 6.07) is 0. The van der Waals surface area contributed by atoms with Crippen LogP contribution in [-0.4, -0.2) is 5.91 Å². The van der Waals surface area contributed by atoms with Gasteiger partial charge in [0.2, 0.25) is 5.82 Å². The number of hydrogen-bond donors (Lipinski definition) is 1. The third kappa shape index (κ3) is 2.27. The third-order valence-electron chi connectivity index (χ3n) is 2.97. The normalized spacial score (nSPS) is 11.0. The predicted molar refractivity (Wildman–Crippen MR) is 60.0 cm³/mol. The van der Waals surface area contributed by atoms with Gasteiger partial charge in [0.25, 0.3) is 5.91 Å². The van der Waals surface area contributed by atoms with Gasteiger partial charge in [-0.3, -0.25) is 4.79 Å². The van der Waals surface area contributed by atoms with E-state index in [-0.39, 0.29) is 0 Å². The minimum atomic E-state index is -2.68. The van der Waals surface area contributed by atoms with Crippen LogP contribution in [0.1, 0.15) is 10.4 Å². The smallest absolute Gasteiger partial charge is 0.254 e. The van der Waals surface area contributed by atoms with Crippen LogP contribution in [0.4, 0.5) is 39.5 Å². The summed E-state index contributed by atoms with van der Waals surface area (Å²) >= 11 is 0. The highest BCUT2D eigenvalue weighted by atomic mass is 19.2. The largest absolute Gasteiger partial charge is 0.365 e. The number of carbonyl (C=O) groups excluding carboxylic acids is 1. The summed E-state index contributed by atoms with van der Waals surface area (Å²) in [7, 11) is 0. The van der Waals surface area contributed by atoms with E-state index in [1.54, 1.807) is 0 Å². The fourth-order valence-electron chi connectivity index (χ4n) is 1.89. The Bertz CT molecular complexity index is 836. The van der Waals surface area contributed by atoms with Crippen molar-refractivity contribution in [2.24, 2.45) is 5.73 Å². The van der Waals surface area contributed by atoms with E-state index < -0.39 is 75.0 Å². The molecule has 0 spiro atoms. The van der Waals surface area contributed by atoms with Gasteiger partial charge in [-0.25, -0.2) is 39.5 Å². The van der Waals surface area contributed by atoms with E-state index in [9.17, 15) is 44.3 Å². The van der Waals surface area contributed by atoms with E-state index in [1.165, 1.54) is 0 Å². The first kappa shape index (κ1) is 17.6. The molecule has 0 aliphatic rings. The topological polar surface area (TPSA) is 43.1 Å². The van der Waals surface area contributed by atoms with Crippen LogP contribution in [0.15, 0.2) is 0 Å². The highest BCUT2D eigenvalue weighted by Crippen LogP contribution is 2.37. The van der Waals surface area contributed by atoms with E-state index in [2.05, 4.69) is 5.73 Å². The van der Waals surface area contributed by atoms with Gasteiger partial charge in [0.15, 0.2) is 46.5 Å². The lowest BCUT2D eigenvalue weighted by atomic mass is 9.99. The summed E-state index contributed by atoms with van der Waals surface area (Å²) in [5.41, 5.74) is -1.88. The summed E-state index contributed by atoms with van der Waals surface area (Å²) in [4.78, 5) is 10.8. The van der Waals surface area contributed by atoms with E-state index >= 15 is 0 Å². The van der Waals surface area contributed by atoms with E-state index in [1.807, 2.05) is 0 Å². The Morgan fingerprint density at radius 1 is 0.500 bits per heavy atom. The summed E-state index contributed by atoms with van der Waals surface area (Å²) in [5.74, 6) is -25.3. The molecule has 1 amide bonds. The molecule has 0 heterocycles. The molecule has 0 aromatic heterocycles. The number of primary amides is 1. The molecule has 2 N–H and O–H groups in total. The van der Waals surface area contributed by atoms with Gasteiger partial charge in [0.05, 0.1) is 11.1 Å². The van der Waals surface area contributed by atoms with Crippen LogP contribution in [-0.2, 0) is 0 Å². The van der Waals surface area contributed by atoms with Crippen molar-refractivity contribution in [2.75, 3.05) is 0 Å². The molecule has 11 heteroatoms. The molecular weight excluding hydrogens is 357 g/mol. The SMILES string of the molecule is NC(=O)c1c(F)c(F)c(-c2c(F)c(F)c(F)c(F)c2F)c(F)c1F. The van der Waals surface area contributed by atoms with Gasteiger partial charge in [-0.1, -0.05) is 0 Å². The zero-order valence-electron chi connectivity index (χ0n) is 10.9. The third-order valence-corrected chi connectivity index (χ3v) is 2.97. The van der Waals surface area contributed by atoms with Gasteiger partial charge >= 0.3 is 0 Å². The van der Waals surface area contributed by atoms with Gasteiger partial charge in [0.1, 0.15) is 5.56 Å². The van der Waals surface area contributed by atoms with Crippen molar-refractivity contribution in [2.45, 2.75) is 0 Å². The van der Waals surface area contributed by atoms with Crippen molar-refractivity contribution < 1.29 is 44.3 Å². The Morgan fingerprint density at radius 3 is 1.04 bits per heavy atom. The van der Waals surface area contributed by atoms with Crippen molar-refractivity contribution in [1.29, 1.82) is 0 Å². The Balaban J connectivity index is 3.04. The molecule has 0 saturated heterocycles. The lowest BCUT2D eigenvalue weighted by Gasteiger charge is -2.13. The van der Waals surface area contributed by atoms with Gasteiger partial charge in [-0.2, -0.15) is 0 Å². The van der Waals surface area contributed by atoms with Gasteiger partial charge in [0, 0.05) is 0 Å². The summed E-state index contributed by atoms with van der Waals surface area (Å²) in [5, 5.41) is 0. The highest BCUT2D eigenvalue weighted by molar-refractivity contribution is 5.94. The van der Waals surface area contributed by atoms with Crippen molar-refractivity contribution in [1.82, 2.24) is 0 Å². The second-order valence-corrected chi connectivity index (χ2v) is 4.32. The molecule has 0 bridgehead atoms. The fourth-order valence-corrected chi connectivity index (χ4v) is 1.89. The number of amides is 1. The Morgan fingerprint density at radius 2 is 0.750 bits per heavy atom. The summed E-state index contributed by atoms with van der Waals surface area (Å²) in [6.45, 7) is 0. The van der Waals surface area contributed by atoms with Gasteiger partial charge in [-0.05, 0) is 0 Å². The molecule has 128 valence electrons. The number of carbonyl (C=O) groups is 1. The maximum atomic E-state index is 13.8. The molecule has 0 aliphatic carbocycles. The minimum absolute atomic E-state index is 1.92. The van der Waals surface area contributed by atoms with Crippen molar-refractivity contribution in [3.8, 4) is 11.1 Å². The first-order chi connectivity index (χ1) is 11.0. The molecule has 2 nitrogen and oxygen atoms in total. The maximum absolute atomic E-state index is 13.8. The van der Waals surface area contributed by atoms with E-state index in [0.29, 0.717) is 0 Å². The monoisotopic (exact) mass is 359 g/mol. The lowest BCUT2D eigenvalue weighted by molar-refractivity contribution is 0.0990. The molecule has 0 fully saturated rings. The molecule has 2 aromatic carbocycles. The van der Waals surface area contributed by atoms with Crippen molar-refractivity contribution in [3.63, 3.8) is 0 Å². The number of nitrogens with two attached hydrogens (primary N) is 1. The van der Waals surface area contributed by atoms with Crippen molar-refractivity contribution >= 4 is 5.91 Å². The molecule has 0 saturated carbocycles. The first-order valence-electron chi connectivity index (χ1n) is 5.69. The fraction of sp³-hybridized carbons (Fsp3) is 0. The average molecular weight is 359 g/mol. The van der Waals surface area contributed by atoms with Crippen LogP contribution in [0.3, 0.4) is 0 Å². The number of rotatable bonds is 2. The molecule has 24 heavy (non-hydrogen) atoms. The van der Waals surface area contributed by atoms with Crippen LogP contribution < -0.4 is 5.73 Å². The Hall–Kier alpha value is -2.72. The van der Waals surface area contributed by atoms with Crippen LogP contribution in [0.25, 0.3) is 11.1 Å². The second kappa shape index (κ2) is 5.73. The van der Waals surface area contributed by atoms with Crippen LogP contribution >= 0.6 is 0 Å². The predicted octanol–water partition coefficient (Wildman–Crippen LogP) is 3.70. The van der Waals surface area contributed by atoms with Crippen LogP contribution in [0.2, 0.25) is 0 Å². The molecule has 0 unspecified atom stereocenters. The second-order valence-electron chi connectivity index (χ2n) is 4.32. The summed E-state index contributed by atoms with van der Waals surface area (Å²) < 4.78 is 121. The molecule has 0 radical (unpaired) electrons. The zero-order valence-corrected chi connectivity index (χ0v) is 10.9. The van der Waals surface area contributed by atoms with Crippen LogP contribution in [0, 0.1) is 52.4 Å². The van der Waals surface area contributed by atoms with Gasteiger partial charge in [-0.15, -0.1) is 0 Å². The standard InChI is InChI=1S/C13H2F9NO/c14-4-1(5(15)9(19)3(8(4)18)13(23)24)2-6(16)10(20)12(22)11(21)7(2)17/h(H2,23,24). The highest BCUT2D eigenvalue weighted by Gasteiger charge is 2.35. The molecular formula is C13H2F9NO. The summed E-state index contributed by atoms with van der Waals surface area (Å²) in [6.07, 6.45) is 0. The van der Waals surface area contributed by atoms with Gasteiger partial charge < -0.3 is 5.73 Å². The van der Waals surface area contributed by atoms with Crippen LogP contribution in [0.5, 0.6) is 0 Å². The van der Waals surface area contributed by atoms with E-state index in [4.69, 9.17) is 0 Å². The van der Waals surface area contributed by atoms with Crippen molar-refractivity contribution in [3.05, 3.63) is 57.9 Å². The quantitative estimate of drug-likeness (QED) is 0.496. The molecule has 0 aliphatic heterocycles. The average Bonchev–Trinajstić information content (AvgIpc) is 2.52. The Kier molecular flexibility index (Phi) is 4.21. The Labute approximate surface area is 126 Å². The first-order valence-corrected chi connectivity index (χ1v) is 5.69. The molecule has 2 rings (SSSR count). The number of benzene rings is 2. The zero-order chi connectivity index (χ0) is 18.5. The van der Waals surface area contributed by atoms with E-state index in [0.717, 1.165) is 0 Å². The minimum Gasteiger partial charge on any atom is -0.365 e. The number of hydrogen-bond acceptors (Lipinski definition) is 1. The maximum Gasteiger partial charge on any atom is 0.254 e.